The molecule has 3 unspecified atom stereocenters. The van der Waals surface area contributed by atoms with Crippen molar-refractivity contribution in [2.75, 3.05) is 19.6 Å². The molecule has 0 radical (unpaired) electrons. The van der Waals surface area contributed by atoms with Crippen LogP contribution in [-0.4, -0.2) is 53.2 Å². The monoisotopic (exact) mass is 579 g/mol. The lowest BCUT2D eigenvalue weighted by Gasteiger charge is -2.46. The van der Waals surface area contributed by atoms with Gasteiger partial charge in [-0.1, -0.05) is 51.1 Å². The summed E-state index contributed by atoms with van der Waals surface area (Å²) in [6.45, 7) is 7.48. The van der Waals surface area contributed by atoms with Gasteiger partial charge in [-0.15, -0.1) is 0 Å². The van der Waals surface area contributed by atoms with E-state index < -0.39 is 11.6 Å². The highest BCUT2D eigenvalue weighted by molar-refractivity contribution is 6.12. The summed E-state index contributed by atoms with van der Waals surface area (Å²) in [5.41, 5.74) is 7.17. The lowest BCUT2D eigenvalue weighted by atomic mass is 9.72. The Bertz CT molecular complexity index is 1270. The molecule has 8 heteroatoms. The number of carbonyl (C=O) groups is 3. The molecule has 2 aromatic carbocycles. The molecule has 6 nitrogen and oxygen atoms in total. The molecule has 1 aliphatic carbocycles. The number of imide groups is 1. The van der Waals surface area contributed by atoms with Gasteiger partial charge in [0, 0.05) is 37.7 Å². The van der Waals surface area contributed by atoms with Gasteiger partial charge in [0.05, 0.1) is 0 Å². The maximum absolute atomic E-state index is 15.0. The predicted octanol–water partition coefficient (Wildman–Crippen LogP) is 5.61. The Kier molecular flexibility index (Phi) is 10.3. The molecule has 42 heavy (non-hydrogen) atoms. The van der Waals surface area contributed by atoms with Crippen molar-refractivity contribution in [3.63, 3.8) is 0 Å². The Morgan fingerprint density at radius 2 is 1.71 bits per heavy atom. The second kappa shape index (κ2) is 13.7. The average Bonchev–Trinajstić information content (AvgIpc) is 3.49. The minimum atomic E-state index is -0.452. The summed E-state index contributed by atoms with van der Waals surface area (Å²) in [6.07, 6.45) is 5.78. The number of rotatable bonds is 12. The highest BCUT2D eigenvalue weighted by Gasteiger charge is 2.47. The molecule has 4 rings (SSSR count). The molecule has 1 saturated carbocycles. The summed E-state index contributed by atoms with van der Waals surface area (Å²) in [4.78, 5) is 41.0. The van der Waals surface area contributed by atoms with Gasteiger partial charge in [-0.2, -0.15) is 0 Å². The zero-order valence-electron chi connectivity index (χ0n) is 24.9. The van der Waals surface area contributed by atoms with Crippen molar-refractivity contribution in [1.82, 2.24) is 9.80 Å². The fraction of sp³-hybridized carbons (Fsp3) is 0.500. The van der Waals surface area contributed by atoms with Gasteiger partial charge in [-0.25, -0.2) is 8.78 Å². The Labute approximate surface area is 247 Å². The third-order valence-corrected chi connectivity index (χ3v) is 8.71. The van der Waals surface area contributed by atoms with Gasteiger partial charge in [0.15, 0.2) is 0 Å². The van der Waals surface area contributed by atoms with E-state index in [2.05, 4.69) is 32.9 Å². The highest BCUT2D eigenvalue weighted by Crippen LogP contribution is 2.50. The van der Waals surface area contributed by atoms with Gasteiger partial charge in [-0.3, -0.25) is 19.3 Å². The van der Waals surface area contributed by atoms with Crippen molar-refractivity contribution in [3.05, 3.63) is 83.4 Å². The molecule has 0 bridgehead atoms. The lowest BCUT2D eigenvalue weighted by molar-refractivity contribution is -0.141. The summed E-state index contributed by atoms with van der Waals surface area (Å²) in [5, 5.41) is 0. The minimum absolute atomic E-state index is 0.0329. The molecular weight excluding hydrogens is 536 g/mol. The third kappa shape index (κ3) is 7.51. The van der Waals surface area contributed by atoms with Crippen molar-refractivity contribution in [1.29, 1.82) is 0 Å². The summed E-state index contributed by atoms with van der Waals surface area (Å²) in [7, 11) is 0. The number of carbonyl (C=O) groups excluding carboxylic acids is 3. The summed E-state index contributed by atoms with van der Waals surface area (Å²) >= 11 is 0. The van der Waals surface area contributed by atoms with Crippen LogP contribution in [0.1, 0.15) is 69.9 Å². The summed E-state index contributed by atoms with van der Waals surface area (Å²) in [6, 6.07) is 13.7. The van der Waals surface area contributed by atoms with E-state index in [1.54, 1.807) is 0 Å². The number of nitrogens with zero attached hydrogens (tertiary/aromatic N) is 2. The molecule has 0 aromatic heterocycles. The number of nitrogens with two attached hydrogens (primary N) is 1. The van der Waals surface area contributed by atoms with E-state index in [0.29, 0.717) is 44.3 Å². The van der Waals surface area contributed by atoms with Crippen molar-refractivity contribution in [2.45, 2.75) is 71.3 Å². The second-order valence-corrected chi connectivity index (χ2v) is 12.8. The molecule has 3 amide bonds. The Morgan fingerprint density at radius 3 is 2.36 bits per heavy atom. The zero-order valence-corrected chi connectivity index (χ0v) is 24.9. The average molecular weight is 580 g/mol. The fourth-order valence-corrected chi connectivity index (χ4v) is 6.98. The van der Waals surface area contributed by atoms with Crippen molar-refractivity contribution in [2.24, 2.45) is 23.0 Å². The van der Waals surface area contributed by atoms with Crippen LogP contribution >= 0.6 is 0 Å². The maximum atomic E-state index is 15.0. The van der Waals surface area contributed by atoms with E-state index in [0.717, 1.165) is 17.4 Å². The molecule has 4 atom stereocenters. The zero-order chi connectivity index (χ0) is 30.4. The van der Waals surface area contributed by atoms with Crippen LogP contribution in [-0.2, 0) is 20.8 Å². The second-order valence-electron chi connectivity index (χ2n) is 12.8. The van der Waals surface area contributed by atoms with E-state index in [1.807, 2.05) is 23.1 Å². The number of amides is 3. The van der Waals surface area contributed by atoms with Crippen LogP contribution in [0.5, 0.6) is 0 Å². The molecule has 0 saturated heterocycles. The molecular formula is C34H43F2N3O3. The highest BCUT2D eigenvalue weighted by atomic mass is 19.1. The van der Waals surface area contributed by atoms with E-state index >= 15 is 4.39 Å². The SMILES string of the molecule is CC(C)(C)[C@H](C1CC(c2cc(F)ccc2F)CC1Cc1ccccc1)N(CCCN)C(=O)CCCN1C(=O)C=CC1=O. The molecule has 0 spiro atoms. The van der Waals surface area contributed by atoms with Gasteiger partial charge < -0.3 is 10.6 Å². The van der Waals surface area contributed by atoms with Gasteiger partial charge in [0.1, 0.15) is 11.6 Å². The first-order valence-corrected chi connectivity index (χ1v) is 15.0. The minimum Gasteiger partial charge on any atom is -0.339 e. The van der Waals surface area contributed by atoms with E-state index in [9.17, 15) is 18.8 Å². The topological polar surface area (TPSA) is 83.7 Å². The van der Waals surface area contributed by atoms with E-state index in [4.69, 9.17) is 5.73 Å². The Hall–Kier alpha value is -3.39. The van der Waals surface area contributed by atoms with Gasteiger partial charge in [0.2, 0.25) is 5.91 Å². The first kappa shape index (κ1) is 31.5. The molecule has 2 N–H and O–H groups in total. The van der Waals surface area contributed by atoms with E-state index in [-0.39, 0.29) is 59.9 Å². The Balaban J connectivity index is 1.63. The summed E-state index contributed by atoms with van der Waals surface area (Å²) < 4.78 is 29.3. The quantitative estimate of drug-likeness (QED) is 0.331. The number of hydrogen-bond acceptors (Lipinski definition) is 4. The third-order valence-electron chi connectivity index (χ3n) is 8.71. The fourth-order valence-electron chi connectivity index (χ4n) is 6.98. The first-order valence-electron chi connectivity index (χ1n) is 15.0. The first-order chi connectivity index (χ1) is 20.0. The molecule has 226 valence electrons. The molecule has 1 heterocycles. The van der Waals surface area contributed by atoms with Crippen LogP contribution in [0.2, 0.25) is 0 Å². The van der Waals surface area contributed by atoms with Crippen LogP contribution in [0.25, 0.3) is 0 Å². The molecule has 2 aliphatic rings. The van der Waals surface area contributed by atoms with E-state index in [1.165, 1.54) is 29.8 Å². The standard InChI is InChI=1S/C34H43F2N3O3/c1-34(2,3)33(39(18-8-16-37)30(40)11-7-17-38-31(41)14-15-32(38)42)28-21-25(27-22-26(35)12-13-29(27)36)20-24(28)19-23-9-5-4-6-10-23/h4-6,9-10,12-15,22,24-25,28,33H,7-8,11,16-21,37H2,1-3H3/t24?,25?,28?,33-/m0/s1. The number of hydrogen-bond donors (Lipinski definition) is 1. The number of halogens is 2. The van der Waals surface area contributed by atoms with Crippen LogP contribution in [0.15, 0.2) is 60.7 Å². The van der Waals surface area contributed by atoms with Crippen molar-refractivity contribution < 1.29 is 23.2 Å². The summed E-state index contributed by atoms with van der Waals surface area (Å²) in [5.74, 6) is -1.61. The number of benzene rings is 2. The largest absolute Gasteiger partial charge is 0.339 e. The van der Waals surface area contributed by atoms with Gasteiger partial charge >= 0.3 is 0 Å². The smallest absolute Gasteiger partial charge is 0.253 e. The van der Waals surface area contributed by atoms with Crippen molar-refractivity contribution in [3.8, 4) is 0 Å². The van der Waals surface area contributed by atoms with Crippen LogP contribution in [0, 0.1) is 28.9 Å². The molecule has 1 fully saturated rings. The normalized spacial score (nSPS) is 21.3. The van der Waals surface area contributed by atoms with Gasteiger partial charge in [-0.05, 0) is 91.1 Å². The lowest BCUT2D eigenvalue weighted by Crippen LogP contribution is -2.53. The maximum Gasteiger partial charge on any atom is 0.253 e. The van der Waals surface area contributed by atoms with Crippen molar-refractivity contribution >= 4 is 17.7 Å². The molecule has 2 aromatic rings. The van der Waals surface area contributed by atoms with Crippen LogP contribution < -0.4 is 5.73 Å². The molecule has 1 aliphatic heterocycles. The predicted molar refractivity (Wildman–Crippen MR) is 159 cm³/mol. The van der Waals surface area contributed by atoms with Gasteiger partial charge in [0.25, 0.3) is 11.8 Å². The van der Waals surface area contributed by atoms with Crippen LogP contribution in [0.4, 0.5) is 8.78 Å². The Morgan fingerprint density at radius 1 is 1.02 bits per heavy atom. The van der Waals surface area contributed by atoms with Crippen LogP contribution in [0.3, 0.4) is 0 Å².